The van der Waals surface area contributed by atoms with Gasteiger partial charge in [-0.05, 0) is 0 Å². The van der Waals surface area contributed by atoms with Gasteiger partial charge in [0.15, 0.2) is 6.29 Å². The molecule has 1 rings (SSSR count). The molecule has 1 heterocycles. The Balaban J connectivity index is 2.62. The van der Waals surface area contributed by atoms with Crippen LogP contribution in [0.15, 0.2) is 0 Å². The highest BCUT2D eigenvalue weighted by Crippen LogP contribution is 2.37. The van der Waals surface area contributed by atoms with E-state index in [1.54, 1.807) is 0 Å². The van der Waals surface area contributed by atoms with Gasteiger partial charge in [-0.2, -0.15) is 0 Å². The number of phosphoric acid groups is 1. The fraction of sp³-hybridized carbons (Fsp3) is 0.857. The van der Waals surface area contributed by atoms with E-state index >= 15 is 0 Å². The number of hydrogen-bond acceptors (Lipinski definition) is 6. The Morgan fingerprint density at radius 3 is 2.53 bits per heavy atom. The molecule has 17 heavy (non-hydrogen) atoms. The van der Waals surface area contributed by atoms with E-state index in [9.17, 15) is 19.6 Å². The Morgan fingerprint density at radius 2 is 2.06 bits per heavy atom. The summed E-state index contributed by atoms with van der Waals surface area (Å²) in [5, 5.41) is 21.0. The third kappa shape index (κ3) is 4.32. The van der Waals surface area contributed by atoms with E-state index in [2.05, 4.69) is 9.84 Å². The van der Waals surface area contributed by atoms with Gasteiger partial charge in [-0.25, -0.2) is 4.57 Å². The summed E-state index contributed by atoms with van der Waals surface area (Å²) in [6.45, 7) is 0.627. The second-order valence-corrected chi connectivity index (χ2v) is 4.81. The first-order chi connectivity index (χ1) is 7.70. The summed E-state index contributed by atoms with van der Waals surface area (Å²) >= 11 is 0. The van der Waals surface area contributed by atoms with E-state index in [0.29, 0.717) is 0 Å². The molecule has 1 aliphatic heterocycles. The lowest BCUT2D eigenvalue weighted by atomic mass is 10.1. The summed E-state index contributed by atoms with van der Waals surface area (Å²) in [5.74, 6) is -0.479. The van der Waals surface area contributed by atoms with Crippen LogP contribution in [-0.4, -0.2) is 57.1 Å². The number of rotatable bonds is 4. The van der Waals surface area contributed by atoms with Crippen LogP contribution < -0.4 is 5.32 Å². The predicted molar refractivity (Wildman–Crippen MR) is 52.5 cm³/mol. The summed E-state index contributed by atoms with van der Waals surface area (Å²) in [7, 11) is -4.67. The number of amides is 1. The van der Waals surface area contributed by atoms with Crippen molar-refractivity contribution in [2.45, 2.75) is 31.5 Å². The van der Waals surface area contributed by atoms with Gasteiger partial charge in [0.25, 0.3) is 0 Å². The summed E-state index contributed by atoms with van der Waals surface area (Å²) in [5.41, 5.74) is 0. The zero-order valence-electron chi connectivity index (χ0n) is 8.89. The normalized spacial score (nSPS) is 33.7. The van der Waals surface area contributed by atoms with Crippen LogP contribution in [0.3, 0.4) is 0 Å². The molecule has 0 aromatic rings. The first-order valence-corrected chi connectivity index (χ1v) is 6.22. The lowest BCUT2D eigenvalue weighted by molar-refractivity contribution is -0.132. The quantitative estimate of drug-likeness (QED) is 0.358. The average Bonchev–Trinajstić information content (AvgIpc) is 2.41. The zero-order valence-corrected chi connectivity index (χ0v) is 9.78. The molecule has 4 atom stereocenters. The highest BCUT2D eigenvalue weighted by Gasteiger charge is 2.44. The Labute approximate surface area is 96.6 Å². The lowest BCUT2D eigenvalue weighted by Crippen LogP contribution is -2.48. The Hall–Kier alpha value is -0.540. The SMILES string of the molecule is CC(=O)N[C@@H]1C(O)[C@H](O)O[C@@H]1COP(=O)(O)O. The van der Waals surface area contributed by atoms with Crippen LogP contribution in [0.5, 0.6) is 0 Å². The number of aliphatic hydroxyl groups is 2. The van der Waals surface area contributed by atoms with Crippen molar-refractivity contribution in [3.63, 3.8) is 0 Å². The van der Waals surface area contributed by atoms with Crippen molar-refractivity contribution < 1.29 is 38.6 Å². The Kier molecular flexibility index (Phi) is 4.62. The van der Waals surface area contributed by atoms with Crippen molar-refractivity contribution in [3.05, 3.63) is 0 Å². The van der Waals surface area contributed by atoms with Crippen molar-refractivity contribution >= 4 is 13.7 Å². The third-order valence-electron chi connectivity index (χ3n) is 2.15. The monoisotopic (exact) mass is 271 g/mol. The van der Waals surface area contributed by atoms with E-state index in [4.69, 9.17) is 14.5 Å². The number of carbonyl (C=O) groups is 1. The fourth-order valence-corrected chi connectivity index (χ4v) is 1.81. The molecule has 0 spiro atoms. The largest absolute Gasteiger partial charge is 0.469 e. The van der Waals surface area contributed by atoms with Crippen molar-refractivity contribution in [1.29, 1.82) is 0 Å². The second-order valence-electron chi connectivity index (χ2n) is 3.57. The Morgan fingerprint density at radius 1 is 1.47 bits per heavy atom. The molecule has 1 amide bonds. The number of carbonyl (C=O) groups excluding carboxylic acids is 1. The minimum atomic E-state index is -4.67. The van der Waals surface area contributed by atoms with Gasteiger partial charge in [0.05, 0.1) is 12.6 Å². The molecule has 0 aromatic carbocycles. The number of aliphatic hydroxyl groups excluding tert-OH is 2. The predicted octanol–water partition coefficient (Wildman–Crippen LogP) is -2.32. The average molecular weight is 271 g/mol. The molecule has 1 unspecified atom stereocenters. The van der Waals surface area contributed by atoms with Gasteiger partial charge < -0.3 is 30.1 Å². The maximum Gasteiger partial charge on any atom is 0.469 e. The smallest absolute Gasteiger partial charge is 0.386 e. The van der Waals surface area contributed by atoms with Crippen LogP contribution in [0.1, 0.15) is 6.92 Å². The van der Waals surface area contributed by atoms with Gasteiger partial charge in [-0.3, -0.25) is 9.32 Å². The van der Waals surface area contributed by atoms with Gasteiger partial charge >= 0.3 is 7.82 Å². The first-order valence-electron chi connectivity index (χ1n) is 4.69. The number of nitrogens with one attached hydrogen (secondary N) is 1. The van der Waals surface area contributed by atoms with E-state index in [1.165, 1.54) is 6.92 Å². The third-order valence-corrected chi connectivity index (χ3v) is 2.64. The van der Waals surface area contributed by atoms with Gasteiger partial charge in [-0.15, -0.1) is 0 Å². The van der Waals surface area contributed by atoms with Gasteiger partial charge in [0.2, 0.25) is 5.91 Å². The zero-order chi connectivity index (χ0) is 13.2. The van der Waals surface area contributed by atoms with E-state index in [-0.39, 0.29) is 0 Å². The maximum absolute atomic E-state index is 10.8. The van der Waals surface area contributed by atoms with Gasteiger partial charge in [0.1, 0.15) is 12.2 Å². The standard InChI is InChI=1S/C7H14NO8P/c1-3(9)8-5-4(2-15-17(12,13)14)16-7(11)6(5)10/h4-7,10-11H,2H2,1H3,(H,8,9)(H2,12,13,14)/t4-,5+,6?,7-/m1/s1. The van der Waals surface area contributed by atoms with Crippen LogP contribution in [0.25, 0.3) is 0 Å². The molecule has 1 fully saturated rings. The molecule has 0 aromatic heterocycles. The van der Waals surface area contributed by atoms with Crippen LogP contribution in [0, 0.1) is 0 Å². The fourth-order valence-electron chi connectivity index (χ4n) is 1.47. The molecule has 0 radical (unpaired) electrons. The van der Waals surface area contributed by atoms with Crippen molar-refractivity contribution in [2.75, 3.05) is 6.61 Å². The van der Waals surface area contributed by atoms with Crippen molar-refractivity contribution in [3.8, 4) is 0 Å². The van der Waals surface area contributed by atoms with Crippen LogP contribution >= 0.6 is 7.82 Å². The van der Waals surface area contributed by atoms with E-state index in [0.717, 1.165) is 0 Å². The molecular formula is C7H14NO8P. The molecule has 1 saturated heterocycles. The van der Waals surface area contributed by atoms with Gasteiger partial charge in [-0.1, -0.05) is 0 Å². The van der Waals surface area contributed by atoms with E-state index in [1.807, 2.05) is 0 Å². The molecular weight excluding hydrogens is 257 g/mol. The summed E-state index contributed by atoms with van der Waals surface area (Å²) in [6, 6.07) is -0.992. The summed E-state index contributed by atoms with van der Waals surface area (Å²) in [4.78, 5) is 27.8. The first kappa shape index (κ1) is 14.5. The van der Waals surface area contributed by atoms with Crippen LogP contribution in [0.2, 0.25) is 0 Å². The molecule has 5 N–H and O–H groups in total. The number of phosphoric ester groups is 1. The topological polar surface area (TPSA) is 146 Å². The van der Waals surface area contributed by atoms with E-state index < -0.39 is 44.9 Å². The highest BCUT2D eigenvalue weighted by molar-refractivity contribution is 7.46. The number of hydrogen-bond donors (Lipinski definition) is 5. The maximum atomic E-state index is 10.8. The van der Waals surface area contributed by atoms with Crippen LogP contribution in [0.4, 0.5) is 0 Å². The summed E-state index contributed by atoms with van der Waals surface area (Å²) < 4.78 is 19.5. The molecule has 10 heteroatoms. The molecule has 1 aliphatic rings. The molecule has 0 saturated carbocycles. The second kappa shape index (κ2) is 5.40. The molecule has 0 bridgehead atoms. The minimum Gasteiger partial charge on any atom is -0.386 e. The van der Waals surface area contributed by atoms with Gasteiger partial charge in [0, 0.05) is 6.92 Å². The van der Waals surface area contributed by atoms with Crippen LogP contribution in [-0.2, 0) is 18.6 Å². The molecule has 9 nitrogen and oxygen atoms in total. The summed E-state index contributed by atoms with van der Waals surface area (Å²) in [6.07, 6.45) is -3.97. The number of ether oxygens (including phenoxy) is 1. The molecule has 0 aliphatic carbocycles. The minimum absolute atomic E-state index is 0.479. The lowest BCUT2D eigenvalue weighted by Gasteiger charge is -2.20. The van der Waals surface area contributed by atoms with Crippen molar-refractivity contribution in [1.82, 2.24) is 5.32 Å². The highest BCUT2D eigenvalue weighted by atomic mass is 31.2. The van der Waals surface area contributed by atoms with Crippen molar-refractivity contribution in [2.24, 2.45) is 0 Å². The molecule has 100 valence electrons. The Bertz CT molecular complexity index is 330.